The first-order chi connectivity index (χ1) is 32.5. The number of furan rings is 2. The van der Waals surface area contributed by atoms with E-state index in [0.717, 1.165) is 31.3 Å². The lowest BCUT2D eigenvalue weighted by Gasteiger charge is -2.11. The highest BCUT2D eigenvalue weighted by molar-refractivity contribution is 7.14. The molecule has 4 aromatic carbocycles. The lowest BCUT2D eigenvalue weighted by molar-refractivity contribution is -0.112. The van der Waals surface area contributed by atoms with E-state index >= 15 is 4.39 Å². The Kier molecular flexibility index (Phi) is 8.96. The number of halogens is 2. The monoisotopic (exact) mass is 930 g/mol. The largest absolute Gasteiger partial charge is 0.477 e. The van der Waals surface area contributed by atoms with Crippen LogP contribution in [0.25, 0.3) is 91.5 Å². The van der Waals surface area contributed by atoms with Crippen molar-refractivity contribution in [3.8, 4) is 0 Å². The molecule has 0 amide bonds. The predicted molar refractivity (Wildman–Crippen MR) is 254 cm³/mol. The van der Waals surface area contributed by atoms with Crippen LogP contribution >= 0.6 is 23.1 Å². The highest BCUT2D eigenvalue weighted by Crippen LogP contribution is 2.42. The number of carboxylic acids is 1. The van der Waals surface area contributed by atoms with E-state index in [-0.39, 0.29) is 52.3 Å². The van der Waals surface area contributed by atoms with Gasteiger partial charge in [-0.25, -0.2) is 23.4 Å². The van der Waals surface area contributed by atoms with Gasteiger partial charge in [-0.05, 0) is 94.9 Å². The molecule has 0 saturated carbocycles. The molecular formula is C48H28F2N8O7S2. The Morgan fingerprint density at radius 3 is 1.99 bits per heavy atom. The molecule has 15 nitrogen and oxygen atoms in total. The number of hydrogen-bond acceptors (Lipinski definition) is 14. The van der Waals surface area contributed by atoms with Crippen molar-refractivity contribution in [3.63, 3.8) is 0 Å². The predicted octanol–water partition coefficient (Wildman–Crippen LogP) is 10.3. The number of aromatic nitrogens is 5. The molecule has 0 bridgehead atoms. The maximum atomic E-state index is 15.0. The Morgan fingerprint density at radius 2 is 1.36 bits per heavy atom. The van der Waals surface area contributed by atoms with Gasteiger partial charge in [-0.2, -0.15) is 8.75 Å². The zero-order valence-corrected chi connectivity index (χ0v) is 35.9. The number of nitrogens with zero attached hydrogens (tertiary/aromatic N) is 6. The van der Waals surface area contributed by atoms with Crippen molar-refractivity contribution >= 4 is 144 Å². The molecule has 1 aliphatic heterocycles. The van der Waals surface area contributed by atoms with Crippen molar-refractivity contribution in [2.75, 3.05) is 11.5 Å². The number of anilines is 2. The molecule has 0 saturated heterocycles. The number of rotatable bonds is 6. The van der Waals surface area contributed by atoms with E-state index in [1.165, 1.54) is 70.8 Å². The first-order valence-electron chi connectivity index (χ1n) is 20.4. The van der Waals surface area contributed by atoms with Gasteiger partial charge in [0.15, 0.2) is 5.78 Å². The number of hydrogen-bond donors (Lipinski definition) is 3. The molecule has 0 atom stereocenters. The lowest BCUT2D eigenvalue weighted by Crippen LogP contribution is -2.14. The van der Waals surface area contributed by atoms with Crippen molar-refractivity contribution in [2.45, 2.75) is 19.5 Å². The second-order valence-corrected chi connectivity index (χ2v) is 17.4. The number of carbonyl (C=O) groups excluding carboxylic acids is 1. The minimum Gasteiger partial charge on any atom is -0.477 e. The van der Waals surface area contributed by atoms with Crippen LogP contribution < -0.4 is 17.1 Å². The maximum absolute atomic E-state index is 15.0. The second-order valence-electron chi connectivity index (χ2n) is 15.8. The lowest BCUT2D eigenvalue weighted by atomic mass is 9.96. The van der Waals surface area contributed by atoms with Crippen molar-refractivity contribution in [1.82, 2.24) is 22.9 Å². The summed E-state index contributed by atoms with van der Waals surface area (Å²) in [6.45, 7) is 0.396. The summed E-state index contributed by atoms with van der Waals surface area (Å²) in [6, 6.07) is 20.7. The number of aromatic carboxylic acids is 1. The number of pyridine rings is 1. The Balaban J connectivity index is 0.000000140. The Hall–Kier alpha value is -8.55. The number of carbonyl (C=O) groups is 2. The van der Waals surface area contributed by atoms with E-state index < -0.39 is 23.2 Å². The molecule has 0 unspecified atom stereocenters. The molecule has 67 heavy (non-hydrogen) atoms. The van der Waals surface area contributed by atoms with Gasteiger partial charge < -0.3 is 39.0 Å². The van der Waals surface area contributed by atoms with Gasteiger partial charge >= 0.3 is 11.6 Å². The number of Topliss-reactive ketones (excluding diaryl/α,β-unsaturated/α-hetero) is 1. The SMILES string of the molecule is Nc1nsc2ccc(Cn3c(C(=O)O)c(C4=CN=CCC4=O)c4c5occc5c(F)cc43)cc12.Nc1nsc2ccc(Cn3c4cc(F)c5ccoc5c4c4c5cccnc5oc(=O)c43)cc12. The smallest absolute Gasteiger partial charge is 0.362 e. The van der Waals surface area contributed by atoms with Gasteiger partial charge in [-0.1, -0.05) is 12.1 Å². The van der Waals surface area contributed by atoms with E-state index in [2.05, 4.69) is 18.7 Å². The van der Waals surface area contributed by atoms with Crippen LogP contribution in [0.2, 0.25) is 0 Å². The quantitative estimate of drug-likeness (QED) is 0.142. The van der Waals surface area contributed by atoms with E-state index in [1.54, 1.807) is 22.9 Å². The summed E-state index contributed by atoms with van der Waals surface area (Å²) in [6.07, 6.45) is 7.20. The van der Waals surface area contributed by atoms with Crippen LogP contribution in [0.3, 0.4) is 0 Å². The summed E-state index contributed by atoms with van der Waals surface area (Å²) < 4.78 is 60.3. The molecule has 19 heteroatoms. The average molecular weight is 931 g/mol. The summed E-state index contributed by atoms with van der Waals surface area (Å²) in [5, 5.41) is 14.7. The van der Waals surface area contributed by atoms with Crippen molar-refractivity contribution in [1.29, 1.82) is 0 Å². The second kappa shape index (κ2) is 15.0. The Morgan fingerprint density at radius 1 is 0.746 bits per heavy atom. The van der Waals surface area contributed by atoms with Crippen LogP contribution in [-0.4, -0.2) is 45.9 Å². The van der Waals surface area contributed by atoms with Crippen molar-refractivity contribution < 1.29 is 36.7 Å². The van der Waals surface area contributed by atoms with Gasteiger partial charge in [0.25, 0.3) is 0 Å². The third kappa shape index (κ3) is 6.15. The summed E-state index contributed by atoms with van der Waals surface area (Å²) in [4.78, 5) is 46.8. The summed E-state index contributed by atoms with van der Waals surface area (Å²) in [5.74, 6) is -1.67. The molecule has 5 N–H and O–H groups in total. The number of ketones is 1. The van der Waals surface area contributed by atoms with E-state index in [9.17, 15) is 23.9 Å². The van der Waals surface area contributed by atoms with Gasteiger partial charge in [0.05, 0.1) is 54.5 Å². The standard InChI is InChI=1S/C24H15FN4O4S.C24H13FN4O3S/c25-15-8-16-20(22-12(15)4-6-33-22)19(14-9-27-5-3-17(14)30)21(24(31)32)29(16)10-11-1-2-18-13(7-11)23(26)28-34-18;25-15-9-16-19(21-12(15)5-7-31-21)18-13-2-1-6-27-23(13)32-24(30)20(18)29(16)10-11-3-4-17-14(8-11)22(26)28-33-17/h1-2,4-9H,3,10H2,(H2,26,28)(H,31,32);1-9H,10H2,(H2,26,28). The minimum absolute atomic E-state index is 0.0428. The molecule has 0 radical (unpaired) electrons. The highest BCUT2D eigenvalue weighted by Gasteiger charge is 2.32. The minimum atomic E-state index is -1.26. The zero-order chi connectivity index (χ0) is 45.8. The Bertz CT molecular complexity index is 4250. The maximum Gasteiger partial charge on any atom is 0.362 e. The average Bonchev–Trinajstić information content (AvgIpc) is 4.19. The molecule has 13 rings (SSSR count). The van der Waals surface area contributed by atoms with Crippen molar-refractivity contribution in [3.05, 3.63) is 142 Å². The molecule has 12 aromatic rings. The first kappa shape index (κ1) is 40.0. The van der Waals surface area contributed by atoms with Crippen LogP contribution in [-0.2, 0) is 17.9 Å². The molecule has 0 aliphatic carbocycles. The number of aliphatic imine (C=N–C) groups is 1. The van der Waals surface area contributed by atoms with Crippen LogP contribution in [0.15, 0.2) is 121 Å². The van der Waals surface area contributed by atoms with Gasteiger partial charge in [0.2, 0.25) is 5.71 Å². The third-order valence-corrected chi connectivity index (χ3v) is 13.7. The van der Waals surface area contributed by atoms with E-state index in [0.29, 0.717) is 67.2 Å². The molecule has 8 aromatic heterocycles. The van der Waals surface area contributed by atoms with Gasteiger partial charge in [-0.3, -0.25) is 9.79 Å². The summed E-state index contributed by atoms with van der Waals surface area (Å²) in [5.41, 5.74) is 15.2. The molecule has 9 heterocycles. The highest BCUT2D eigenvalue weighted by atomic mass is 32.1. The zero-order valence-electron chi connectivity index (χ0n) is 34.2. The molecule has 0 fully saturated rings. The Labute approximate surface area is 380 Å². The van der Waals surface area contributed by atoms with E-state index in [4.69, 9.17) is 24.7 Å². The van der Waals surface area contributed by atoms with Crippen molar-refractivity contribution in [2.24, 2.45) is 4.99 Å². The normalized spacial score (nSPS) is 13.0. The molecular weight excluding hydrogens is 903 g/mol. The number of allylic oxidation sites excluding steroid dienone is 1. The number of nitrogen functional groups attached to an aromatic ring is 2. The fraction of sp³-hybridized carbons (Fsp3) is 0.0625. The van der Waals surface area contributed by atoms with Crippen LogP contribution in [0, 0.1) is 11.6 Å². The first-order valence-corrected chi connectivity index (χ1v) is 22.0. The van der Waals surface area contributed by atoms with Crippen LogP contribution in [0.4, 0.5) is 20.4 Å². The van der Waals surface area contributed by atoms with E-state index in [1.807, 2.05) is 42.5 Å². The molecule has 1 aliphatic rings. The molecule has 328 valence electrons. The topological polar surface area (TPSA) is 224 Å². The summed E-state index contributed by atoms with van der Waals surface area (Å²) >= 11 is 2.60. The summed E-state index contributed by atoms with van der Waals surface area (Å²) in [7, 11) is 0. The number of fused-ring (bicyclic) bond motifs is 12. The third-order valence-electron chi connectivity index (χ3n) is 12.0. The fourth-order valence-corrected chi connectivity index (χ4v) is 10.5. The van der Waals surface area contributed by atoms with Crippen LogP contribution in [0.1, 0.15) is 33.6 Å². The molecule has 0 spiro atoms. The fourth-order valence-electron chi connectivity index (χ4n) is 9.12. The van der Waals surface area contributed by atoms with Crippen LogP contribution in [0.5, 0.6) is 0 Å². The van der Waals surface area contributed by atoms with Gasteiger partial charge in [0, 0.05) is 70.8 Å². The van der Waals surface area contributed by atoms with Gasteiger partial charge in [-0.15, -0.1) is 0 Å². The number of benzene rings is 4. The van der Waals surface area contributed by atoms with Gasteiger partial charge in [0.1, 0.15) is 45.6 Å². The number of carboxylic acid groups (broad SMARTS) is 1. The number of nitrogens with two attached hydrogens (primary N) is 2.